The van der Waals surface area contributed by atoms with E-state index in [4.69, 9.17) is 9.47 Å². The molecule has 0 aliphatic carbocycles. The van der Waals surface area contributed by atoms with E-state index >= 15 is 0 Å². The lowest BCUT2D eigenvalue weighted by Gasteiger charge is -2.29. The van der Waals surface area contributed by atoms with Crippen molar-refractivity contribution in [2.75, 3.05) is 30.5 Å². The highest BCUT2D eigenvalue weighted by Gasteiger charge is 2.21. The van der Waals surface area contributed by atoms with Crippen molar-refractivity contribution in [3.8, 4) is 11.5 Å². The zero-order valence-corrected chi connectivity index (χ0v) is 13.5. The van der Waals surface area contributed by atoms with Crippen LogP contribution in [0.2, 0.25) is 0 Å². The monoisotopic (exact) mass is 326 g/mol. The molecule has 2 aromatic rings. The van der Waals surface area contributed by atoms with E-state index in [-0.39, 0.29) is 11.8 Å². The lowest BCUT2D eigenvalue weighted by molar-refractivity contribution is -0.116. The number of rotatable bonds is 3. The maximum atomic E-state index is 12.4. The molecular weight excluding hydrogens is 308 g/mol. The third kappa shape index (κ3) is 3.17. The highest BCUT2D eigenvalue weighted by Crippen LogP contribution is 2.34. The van der Waals surface area contributed by atoms with Crippen LogP contribution in [0.3, 0.4) is 0 Å². The maximum absolute atomic E-state index is 12.4. The first-order valence-corrected chi connectivity index (χ1v) is 7.59. The van der Waals surface area contributed by atoms with E-state index in [1.807, 2.05) is 0 Å². The van der Waals surface area contributed by atoms with E-state index in [9.17, 15) is 9.59 Å². The van der Waals surface area contributed by atoms with Gasteiger partial charge in [0, 0.05) is 24.2 Å². The van der Waals surface area contributed by atoms with Gasteiger partial charge in [-0.25, -0.2) is 0 Å². The second-order valence-corrected chi connectivity index (χ2v) is 5.39. The predicted octanol–water partition coefficient (Wildman–Crippen LogP) is 2.69. The second-order valence-electron chi connectivity index (χ2n) is 5.39. The Morgan fingerprint density at radius 3 is 2.79 bits per heavy atom. The highest BCUT2D eigenvalue weighted by atomic mass is 16.5. The number of benzene rings is 2. The van der Waals surface area contributed by atoms with E-state index in [0.29, 0.717) is 41.6 Å². The maximum Gasteiger partial charge on any atom is 0.255 e. The first kappa shape index (κ1) is 15.9. The molecule has 6 nitrogen and oxygen atoms in total. The van der Waals surface area contributed by atoms with Gasteiger partial charge in [-0.1, -0.05) is 6.07 Å². The molecule has 0 spiro atoms. The molecule has 0 saturated heterocycles. The summed E-state index contributed by atoms with van der Waals surface area (Å²) in [7, 11) is 1.55. The topological polar surface area (TPSA) is 67.9 Å². The van der Waals surface area contributed by atoms with Crippen LogP contribution >= 0.6 is 0 Å². The number of amides is 2. The van der Waals surface area contributed by atoms with Crippen molar-refractivity contribution in [3.63, 3.8) is 0 Å². The number of anilines is 2. The molecule has 3 rings (SSSR count). The summed E-state index contributed by atoms with van der Waals surface area (Å²) >= 11 is 0. The van der Waals surface area contributed by atoms with Gasteiger partial charge in [0.2, 0.25) is 5.91 Å². The Morgan fingerprint density at radius 1 is 1.21 bits per heavy atom. The van der Waals surface area contributed by atoms with Crippen molar-refractivity contribution in [2.24, 2.45) is 0 Å². The zero-order valence-electron chi connectivity index (χ0n) is 13.5. The van der Waals surface area contributed by atoms with Crippen LogP contribution in [0.4, 0.5) is 11.4 Å². The van der Waals surface area contributed by atoms with Crippen molar-refractivity contribution in [1.82, 2.24) is 0 Å². The molecule has 2 aromatic carbocycles. The number of hydrogen-bond donors (Lipinski definition) is 1. The fourth-order valence-electron chi connectivity index (χ4n) is 2.59. The first-order chi connectivity index (χ1) is 11.6. The number of ether oxygens (including phenoxy) is 2. The molecule has 1 heterocycles. The molecule has 124 valence electrons. The van der Waals surface area contributed by atoms with Crippen LogP contribution in [0, 0.1) is 0 Å². The van der Waals surface area contributed by atoms with Gasteiger partial charge in [0.1, 0.15) is 18.1 Å². The normalized spacial score (nSPS) is 12.8. The summed E-state index contributed by atoms with van der Waals surface area (Å²) in [5.74, 6) is 0.925. The third-order valence-corrected chi connectivity index (χ3v) is 3.79. The quantitative estimate of drug-likeness (QED) is 0.941. The molecule has 1 aliphatic heterocycles. The summed E-state index contributed by atoms with van der Waals surface area (Å²) in [6.45, 7) is 2.48. The number of methoxy groups -OCH3 is 1. The van der Waals surface area contributed by atoms with Gasteiger partial charge < -0.3 is 19.7 Å². The molecule has 0 aromatic heterocycles. The van der Waals surface area contributed by atoms with Crippen LogP contribution in [-0.2, 0) is 4.79 Å². The minimum Gasteiger partial charge on any atom is -0.497 e. The van der Waals surface area contributed by atoms with Crippen LogP contribution in [0.15, 0.2) is 42.5 Å². The zero-order chi connectivity index (χ0) is 17.1. The van der Waals surface area contributed by atoms with Crippen LogP contribution in [0.5, 0.6) is 11.5 Å². The summed E-state index contributed by atoms with van der Waals surface area (Å²) in [5, 5.41) is 2.83. The first-order valence-electron chi connectivity index (χ1n) is 7.59. The van der Waals surface area contributed by atoms with Gasteiger partial charge in [-0.2, -0.15) is 0 Å². The van der Waals surface area contributed by atoms with Gasteiger partial charge in [-0.05, 0) is 30.3 Å². The molecular formula is C18H18N2O4. The van der Waals surface area contributed by atoms with E-state index in [1.165, 1.54) is 6.92 Å². The van der Waals surface area contributed by atoms with Gasteiger partial charge >= 0.3 is 0 Å². The summed E-state index contributed by atoms with van der Waals surface area (Å²) in [6.07, 6.45) is 0. The van der Waals surface area contributed by atoms with Crippen molar-refractivity contribution >= 4 is 23.2 Å². The largest absolute Gasteiger partial charge is 0.497 e. The van der Waals surface area contributed by atoms with Gasteiger partial charge in [0.25, 0.3) is 5.91 Å². The Hall–Kier alpha value is -3.02. The molecule has 0 atom stereocenters. The smallest absolute Gasteiger partial charge is 0.255 e. The summed E-state index contributed by atoms with van der Waals surface area (Å²) in [6, 6.07) is 12.2. The lowest BCUT2D eigenvalue weighted by Crippen LogP contribution is -2.36. The molecule has 1 N–H and O–H groups in total. The molecule has 1 aliphatic rings. The molecule has 0 fully saturated rings. The van der Waals surface area contributed by atoms with Gasteiger partial charge in [0.05, 0.1) is 19.3 Å². The molecule has 2 amide bonds. The standard InChI is InChI=1S/C18H18N2O4/c1-12(21)20-8-9-24-17-11-14(6-7-16(17)20)19-18(22)13-4-3-5-15(10-13)23-2/h3-7,10-11H,8-9H2,1-2H3,(H,19,22). The lowest BCUT2D eigenvalue weighted by atomic mass is 10.1. The van der Waals surface area contributed by atoms with E-state index in [0.717, 1.165) is 0 Å². The molecule has 24 heavy (non-hydrogen) atoms. The highest BCUT2D eigenvalue weighted by molar-refractivity contribution is 6.05. The SMILES string of the molecule is COc1cccc(C(=O)Nc2ccc3c(c2)OCCN3C(C)=O)c1. The van der Waals surface area contributed by atoms with Crippen molar-refractivity contribution in [1.29, 1.82) is 0 Å². The average molecular weight is 326 g/mol. The van der Waals surface area contributed by atoms with Gasteiger partial charge in [0.15, 0.2) is 0 Å². The minimum atomic E-state index is -0.243. The molecule has 0 unspecified atom stereocenters. The second kappa shape index (κ2) is 6.62. The van der Waals surface area contributed by atoms with Gasteiger partial charge in [-0.15, -0.1) is 0 Å². The summed E-state index contributed by atoms with van der Waals surface area (Å²) in [5.41, 5.74) is 1.82. The Balaban J connectivity index is 1.81. The Bertz CT molecular complexity index is 788. The van der Waals surface area contributed by atoms with E-state index in [2.05, 4.69) is 5.32 Å². The number of carbonyl (C=O) groups is 2. The van der Waals surface area contributed by atoms with Crippen molar-refractivity contribution in [3.05, 3.63) is 48.0 Å². The van der Waals surface area contributed by atoms with E-state index in [1.54, 1.807) is 54.5 Å². The number of carbonyl (C=O) groups excluding carboxylic acids is 2. The fraction of sp³-hybridized carbons (Fsp3) is 0.222. The van der Waals surface area contributed by atoms with Crippen molar-refractivity contribution < 1.29 is 19.1 Å². The van der Waals surface area contributed by atoms with Gasteiger partial charge in [-0.3, -0.25) is 9.59 Å². The fourth-order valence-corrected chi connectivity index (χ4v) is 2.59. The minimum absolute atomic E-state index is 0.0345. The predicted molar refractivity (Wildman–Crippen MR) is 90.9 cm³/mol. The Labute approximate surface area is 140 Å². The third-order valence-electron chi connectivity index (χ3n) is 3.79. The van der Waals surface area contributed by atoms with Crippen LogP contribution in [-0.4, -0.2) is 32.1 Å². The molecule has 0 radical (unpaired) electrons. The molecule has 6 heteroatoms. The number of hydrogen-bond acceptors (Lipinski definition) is 4. The van der Waals surface area contributed by atoms with Crippen LogP contribution in [0.1, 0.15) is 17.3 Å². The molecule has 0 bridgehead atoms. The number of nitrogens with zero attached hydrogens (tertiary/aromatic N) is 1. The Morgan fingerprint density at radius 2 is 2.04 bits per heavy atom. The van der Waals surface area contributed by atoms with Crippen LogP contribution in [0.25, 0.3) is 0 Å². The number of fused-ring (bicyclic) bond motifs is 1. The average Bonchev–Trinajstić information content (AvgIpc) is 2.60. The summed E-state index contributed by atoms with van der Waals surface area (Å²) < 4.78 is 10.7. The van der Waals surface area contributed by atoms with Crippen LogP contribution < -0.4 is 19.7 Å². The molecule has 0 saturated carbocycles. The number of nitrogens with one attached hydrogen (secondary N) is 1. The van der Waals surface area contributed by atoms with E-state index < -0.39 is 0 Å². The summed E-state index contributed by atoms with van der Waals surface area (Å²) in [4.78, 5) is 25.7. The Kier molecular flexibility index (Phi) is 4.37. The van der Waals surface area contributed by atoms with Crippen molar-refractivity contribution in [2.45, 2.75) is 6.92 Å².